The van der Waals surface area contributed by atoms with E-state index in [9.17, 15) is 22.8 Å². The van der Waals surface area contributed by atoms with Gasteiger partial charge in [-0.05, 0) is 74.5 Å². The summed E-state index contributed by atoms with van der Waals surface area (Å²) in [7, 11) is 3.40. The molecule has 2 heterocycles. The van der Waals surface area contributed by atoms with E-state index in [-0.39, 0.29) is 23.7 Å². The zero-order chi connectivity index (χ0) is 27.6. The lowest BCUT2D eigenvalue weighted by Crippen LogP contribution is -2.21. The number of halogens is 3. The van der Waals surface area contributed by atoms with E-state index in [0.717, 1.165) is 35.8 Å². The highest BCUT2D eigenvalue weighted by Crippen LogP contribution is 2.35. The molecule has 38 heavy (non-hydrogen) atoms. The fourth-order valence-corrected chi connectivity index (χ4v) is 4.81. The molecule has 200 valence electrons. The number of alkyl halides is 3. The van der Waals surface area contributed by atoms with Crippen LogP contribution in [0, 0.1) is 6.92 Å². The third-order valence-electron chi connectivity index (χ3n) is 6.70. The number of aryl methyl sites for hydroxylation is 1. The summed E-state index contributed by atoms with van der Waals surface area (Å²) in [5.74, 6) is -0.894. The second-order valence-electron chi connectivity index (χ2n) is 9.86. The molecule has 1 fully saturated rings. The molecule has 0 aliphatic carbocycles. The number of amides is 2. The molecule has 0 unspecified atom stereocenters. The lowest BCUT2D eigenvalue weighted by molar-refractivity contribution is -0.138. The summed E-state index contributed by atoms with van der Waals surface area (Å²) >= 11 is 0. The number of aromatic nitrogens is 1. The van der Waals surface area contributed by atoms with Crippen LogP contribution >= 0.6 is 0 Å². The van der Waals surface area contributed by atoms with Crippen LogP contribution in [0.4, 0.5) is 24.5 Å². The topological polar surface area (TPSA) is 91.6 Å². The van der Waals surface area contributed by atoms with Gasteiger partial charge in [-0.2, -0.15) is 13.2 Å². The predicted octanol–water partition coefficient (Wildman–Crippen LogP) is 4.82. The Morgan fingerprint density at radius 2 is 1.87 bits per heavy atom. The summed E-state index contributed by atoms with van der Waals surface area (Å²) in [6, 6.07) is 10.9. The van der Waals surface area contributed by atoms with Gasteiger partial charge in [-0.15, -0.1) is 0 Å². The molecule has 0 spiro atoms. The van der Waals surface area contributed by atoms with E-state index in [4.69, 9.17) is 5.73 Å². The van der Waals surface area contributed by atoms with Gasteiger partial charge in [0.25, 0.3) is 5.91 Å². The molecule has 2 amide bonds. The smallest absolute Gasteiger partial charge is 0.370 e. The van der Waals surface area contributed by atoms with Crippen molar-refractivity contribution in [1.82, 2.24) is 9.88 Å². The fourth-order valence-electron chi connectivity index (χ4n) is 4.81. The van der Waals surface area contributed by atoms with E-state index in [0.29, 0.717) is 17.7 Å². The van der Waals surface area contributed by atoms with Crippen molar-refractivity contribution in [3.8, 4) is 0 Å². The van der Waals surface area contributed by atoms with Crippen molar-refractivity contribution in [2.75, 3.05) is 37.4 Å². The molecule has 0 saturated carbocycles. The molecule has 3 aromatic rings. The minimum absolute atomic E-state index is 0.0841. The van der Waals surface area contributed by atoms with Gasteiger partial charge in [-0.1, -0.05) is 12.1 Å². The van der Waals surface area contributed by atoms with Crippen LogP contribution in [-0.2, 0) is 12.7 Å². The van der Waals surface area contributed by atoms with E-state index < -0.39 is 23.6 Å². The number of pyridine rings is 1. The second kappa shape index (κ2) is 10.8. The standard InChI is InChI=1S/C28H30F3N5O2/c1-17-4-5-18(27(38)34-22-7-6-20(15-35(2)3)25(12-22)28(29,30)31)11-24(17)19-8-9-36(16-19)23-10-21(26(32)37)13-33-14-23/h4-7,10-14,19H,8-9,15-16H2,1-3H3,(H2,32,37)(H,34,38)/t19-/m1/s1. The van der Waals surface area contributed by atoms with Gasteiger partial charge in [0.15, 0.2) is 0 Å². The summed E-state index contributed by atoms with van der Waals surface area (Å²) in [6.07, 6.45) is -0.595. The van der Waals surface area contributed by atoms with Gasteiger partial charge in [0, 0.05) is 43.0 Å². The average Bonchev–Trinajstić information content (AvgIpc) is 3.34. The first-order valence-electron chi connectivity index (χ1n) is 12.2. The molecule has 10 heteroatoms. The van der Waals surface area contributed by atoms with Crippen LogP contribution in [0.25, 0.3) is 0 Å². The first kappa shape index (κ1) is 27.1. The normalized spacial score (nSPS) is 15.7. The van der Waals surface area contributed by atoms with E-state index >= 15 is 0 Å². The third-order valence-corrected chi connectivity index (χ3v) is 6.70. The first-order chi connectivity index (χ1) is 17.9. The summed E-state index contributed by atoms with van der Waals surface area (Å²) in [4.78, 5) is 32.5. The quantitative estimate of drug-likeness (QED) is 0.462. The summed E-state index contributed by atoms with van der Waals surface area (Å²) in [6.45, 7) is 3.50. The number of nitrogens with zero attached hydrogens (tertiary/aromatic N) is 3. The molecule has 2 aromatic carbocycles. The average molecular weight is 526 g/mol. The number of rotatable bonds is 7. The van der Waals surface area contributed by atoms with Crippen molar-refractivity contribution < 1.29 is 22.8 Å². The van der Waals surface area contributed by atoms with Crippen LogP contribution < -0.4 is 16.0 Å². The highest BCUT2D eigenvalue weighted by molar-refractivity contribution is 6.04. The number of benzene rings is 2. The first-order valence-corrected chi connectivity index (χ1v) is 12.2. The summed E-state index contributed by atoms with van der Waals surface area (Å²) in [5.41, 5.74) is 8.36. The van der Waals surface area contributed by atoms with Crippen molar-refractivity contribution in [3.63, 3.8) is 0 Å². The molecule has 7 nitrogen and oxygen atoms in total. The number of carbonyl (C=O) groups excluding carboxylic acids is 2. The SMILES string of the molecule is Cc1ccc(C(=O)Nc2ccc(CN(C)C)c(C(F)(F)F)c2)cc1[C@@H]1CCN(c2cncc(C(N)=O)c2)C1. The van der Waals surface area contributed by atoms with Gasteiger partial charge in [-0.3, -0.25) is 14.6 Å². The third kappa shape index (κ3) is 6.13. The minimum Gasteiger partial charge on any atom is -0.370 e. The molecule has 1 aromatic heterocycles. The van der Waals surface area contributed by atoms with Crippen LogP contribution in [0.3, 0.4) is 0 Å². The monoisotopic (exact) mass is 525 g/mol. The number of nitrogens with one attached hydrogen (secondary N) is 1. The summed E-state index contributed by atoms with van der Waals surface area (Å²) < 4.78 is 41.0. The molecule has 3 N–H and O–H groups in total. The molecular weight excluding hydrogens is 495 g/mol. The number of hydrogen-bond donors (Lipinski definition) is 2. The Balaban J connectivity index is 1.52. The molecule has 1 aliphatic rings. The van der Waals surface area contributed by atoms with Crippen LogP contribution in [0.2, 0.25) is 0 Å². The molecule has 1 aliphatic heterocycles. The van der Waals surface area contributed by atoms with Crippen molar-refractivity contribution in [1.29, 1.82) is 0 Å². The maximum atomic E-state index is 13.7. The Morgan fingerprint density at radius 1 is 1.11 bits per heavy atom. The van der Waals surface area contributed by atoms with E-state index in [1.165, 1.54) is 18.3 Å². The van der Waals surface area contributed by atoms with Crippen molar-refractivity contribution in [3.05, 3.63) is 88.2 Å². The van der Waals surface area contributed by atoms with Crippen LogP contribution in [0.5, 0.6) is 0 Å². The van der Waals surface area contributed by atoms with E-state index in [1.54, 1.807) is 37.3 Å². The zero-order valence-corrected chi connectivity index (χ0v) is 21.5. The lowest BCUT2D eigenvalue weighted by Gasteiger charge is -2.20. The molecular formula is C28H30F3N5O2. The van der Waals surface area contributed by atoms with Crippen molar-refractivity contribution >= 4 is 23.2 Å². The number of hydrogen-bond acceptors (Lipinski definition) is 5. The molecule has 0 radical (unpaired) electrons. The number of anilines is 2. The van der Waals surface area contributed by atoms with Gasteiger partial charge in [0.2, 0.25) is 5.91 Å². The van der Waals surface area contributed by atoms with Crippen LogP contribution in [-0.4, -0.2) is 48.9 Å². The van der Waals surface area contributed by atoms with Gasteiger partial charge in [0.05, 0.1) is 23.0 Å². The van der Waals surface area contributed by atoms with E-state index in [1.807, 2.05) is 19.1 Å². The Labute approximate surface area is 219 Å². The van der Waals surface area contributed by atoms with Crippen molar-refractivity contribution in [2.24, 2.45) is 5.73 Å². The van der Waals surface area contributed by atoms with Gasteiger partial charge in [0.1, 0.15) is 0 Å². The van der Waals surface area contributed by atoms with Gasteiger partial charge >= 0.3 is 6.18 Å². The Hall–Kier alpha value is -3.92. The van der Waals surface area contributed by atoms with E-state index in [2.05, 4.69) is 15.2 Å². The van der Waals surface area contributed by atoms with Crippen LogP contribution in [0.15, 0.2) is 54.9 Å². The Bertz CT molecular complexity index is 1360. The second-order valence-corrected chi connectivity index (χ2v) is 9.86. The van der Waals surface area contributed by atoms with Gasteiger partial charge in [-0.25, -0.2) is 0 Å². The molecule has 4 rings (SSSR count). The largest absolute Gasteiger partial charge is 0.416 e. The number of nitrogens with two attached hydrogens (primary N) is 1. The fraction of sp³-hybridized carbons (Fsp3) is 0.321. The summed E-state index contributed by atoms with van der Waals surface area (Å²) in [5, 5.41) is 2.62. The highest BCUT2D eigenvalue weighted by atomic mass is 19.4. The maximum Gasteiger partial charge on any atom is 0.416 e. The number of primary amides is 1. The Kier molecular flexibility index (Phi) is 7.73. The minimum atomic E-state index is -4.54. The Morgan fingerprint density at radius 3 is 2.55 bits per heavy atom. The predicted molar refractivity (Wildman–Crippen MR) is 140 cm³/mol. The zero-order valence-electron chi connectivity index (χ0n) is 21.5. The molecule has 0 bridgehead atoms. The molecule has 1 atom stereocenters. The molecule has 1 saturated heterocycles. The maximum absolute atomic E-state index is 13.7. The van der Waals surface area contributed by atoms with Gasteiger partial charge < -0.3 is 20.9 Å². The highest BCUT2D eigenvalue weighted by Gasteiger charge is 2.34. The van der Waals surface area contributed by atoms with Crippen LogP contribution in [0.1, 0.15) is 55.3 Å². The number of carbonyl (C=O) groups is 2. The lowest BCUT2D eigenvalue weighted by atomic mass is 9.92. The van der Waals surface area contributed by atoms with Crippen molar-refractivity contribution in [2.45, 2.75) is 32.0 Å².